The van der Waals surface area contributed by atoms with E-state index in [4.69, 9.17) is 4.52 Å². The minimum Gasteiger partial charge on any atom is -0.352 e. The Morgan fingerprint density at radius 3 is 2.64 bits per heavy atom. The number of hydrogen-bond acceptors (Lipinski definition) is 5. The molecule has 0 atom stereocenters. The van der Waals surface area contributed by atoms with Crippen molar-refractivity contribution in [2.24, 2.45) is 4.99 Å². The summed E-state index contributed by atoms with van der Waals surface area (Å²) in [5, 5.41) is 10.1. The van der Waals surface area contributed by atoms with Gasteiger partial charge in [0.2, 0.25) is 11.8 Å². The summed E-state index contributed by atoms with van der Waals surface area (Å²) in [5.74, 6) is 1.97. The van der Waals surface area contributed by atoms with Gasteiger partial charge in [0.05, 0.1) is 6.54 Å². The number of rotatable bonds is 5. The standard InChI is InChI=1S/C17H22N6O2/c1-12-21-15(25-22-12)11-20-17(18-2)19-10-13-5-7-14(8-6-13)23-9-3-4-16(23)24/h5-8H,3-4,9-11H2,1-2H3,(H2,18,19,20). The van der Waals surface area contributed by atoms with E-state index in [-0.39, 0.29) is 5.91 Å². The van der Waals surface area contributed by atoms with Crippen LogP contribution in [0.3, 0.4) is 0 Å². The summed E-state index contributed by atoms with van der Waals surface area (Å²) in [6, 6.07) is 8.00. The van der Waals surface area contributed by atoms with Gasteiger partial charge in [0.15, 0.2) is 11.8 Å². The van der Waals surface area contributed by atoms with Gasteiger partial charge in [0, 0.05) is 32.2 Å². The third kappa shape index (κ3) is 4.34. The maximum atomic E-state index is 11.8. The van der Waals surface area contributed by atoms with Gasteiger partial charge in [-0.05, 0) is 31.0 Å². The molecule has 0 aliphatic carbocycles. The Balaban J connectivity index is 1.50. The van der Waals surface area contributed by atoms with Gasteiger partial charge < -0.3 is 20.1 Å². The fourth-order valence-electron chi connectivity index (χ4n) is 2.69. The highest BCUT2D eigenvalue weighted by atomic mass is 16.5. The summed E-state index contributed by atoms with van der Waals surface area (Å²) >= 11 is 0. The first-order valence-electron chi connectivity index (χ1n) is 8.29. The largest absolute Gasteiger partial charge is 0.352 e. The van der Waals surface area contributed by atoms with Gasteiger partial charge in [-0.2, -0.15) is 4.98 Å². The van der Waals surface area contributed by atoms with E-state index in [0.29, 0.717) is 37.2 Å². The molecule has 1 aromatic carbocycles. The third-order valence-corrected chi connectivity index (χ3v) is 3.98. The van der Waals surface area contributed by atoms with Gasteiger partial charge >= 0.3 is 0 Å². The highest BCUT2D eigenvalue weighted by Crippen LogP contribution is 2.21. The second kappa shape index (κ2) is 7.78. The number of nitrogens with zero attached hydrogens (tertiary/aromatic N) is 4. The summed E-state index contributed by atoms with van der Waals surface area (Å²) in [6.07, 6.45) is 1.58. The molecule has 0 unspecified atom stereocenters. The molecule has 3 rings (SSSR count). The van der Waals surface area contributed by atoms with E-state index in [9.17, 15) is 4.79 Å². The van der Waals surface area contributed by atoms with Gasteiger partial charge in [-0.3, -0.25) is 9.79 Å². The zero-order valence-corrected chi connectivity index (χ0v) is 14.5. The summed E-state index contributed by atoms with van der Waals surface area (Å²) < 4.78 is 5.05. The number of aromatic nitrogens is 2. The van der Waals surface area contributed by atoms with E-state index >= 15 is 0 Å². The van der Waals surface area contributed by atoms with Crippen molar-refractivity contribution in [3.05, 3.63) is 41.5 Å². The second-order valence-electron chi connectivity index (χ2n) is 5.83. The Morgan fingerprint density at radius 2 is 2.04 bits per heavy atom. The number of carbonyl (C=O) groups is 1. The first kappa shape index (κ1) is 16.9. The quantitative estimate of drug-likeness (QED) is 0.629. The maximum Gasteiger partial charge on any atom is 0.246 e. The van der Waals surface area contributed by atoms with Crippen LogP contribution in [0.15, 0.2) is 33.8 Å². The number of aliphatic imine (C=N–C) groups is 1. The van der Waals surface area contributed by atoms with Gasteiger partial charge in [-0.15, -0.1) is 0 Å². The van der Waals surface area contributed by atoms with Crippen LogP contribution in [0.5, 0.6) is 0 Å². The van der Waals surface area contributed by atoms with E-state index in [1.54, 1.807) is 14.0 Å². The fourth-order valence-corrected chi connectivity index (χ4v) is 2.69. The van der Waals surface area contributed by atoms with E-state index in [2.05, 4.69) is 25.8 Å². The molecule has 132 valence electrons. The highest BCUT2D eigenvalue weighted by molar-refractivity contribution is 5.95. The monoisotopic (exact) mass is 342 g/mol. The first-order chi connectivity index (χ1) is 12.2. The summed E-state index contributed by atoms with van der Waals surface area (Å²) in [5.41, 5.74) is 2.06. The van der Waals surface area contributed by atoms with Crippen LogP contribution in [-0.2, 0) is 17.9 Å². The number of guanidine groups is 1. The second-order valence-corrected chi connectivity index (χ2v) is 5.83. The molecular formula is C17H22N6O2. The van der Waals surface area contributed by atoms with Crippen LogP contribution in [0.25, 0.3) is 0 Å². The molecule has 1 aliphatic rings. The Hall–Kier alpha value is -2.90. The molecule has 2 aromatic rings. The fraction of sp³-hybridized carbons (Fsp3) is 0.412. The SMILES string of the molecule is CN=C(NCc1ccc(N2CCCC2=O)cc1)NCc1nc(C)no1. The predicted octanol–water partition coefficient (Wildman–Crippen LogP) is 1.37. The van der Waals surface area contributed by atoms with Crippen LogP contribution in [0.1, 0.15) is 30.1 Å². The molecule has 1 aromatic heterocycles. The topological polar surface area (TPSA) is 95.7 Å². The minimum absolute atomic E-state index is 0.201. The molecule has 25 heavy (non-hydrogen) atoms. The molecule has 0 saturated carbocycles. The average Bonchev–Trinajstić information content (AvgIpc) is 3.24. The lowest BCUT2D eigenvalue weighted by atomic mass is 10.2. The molecule has 2 heterocycles. The molecule has 0 spiro atoms. The predicted molar refractivity (Wildman–Crippen MR) is 94.1 cm³/mol. The summed E-state index contributed by atoms with van der Waals surface area (Å²) in [6.45, 7) is 3.62. The Labute approximate surface area is 146 Å². The van der Waals surface area contributed by atoms with Gasteiger partial charge in [-0.25, -0.2) is 0 Å². The number of aryl methyl sites for hydroxylation is 1. The Kier molecular flexibility index (Phi) is 5.27. The first-order valence-corrected chi connectivity index (χ1v) is 8.29. The maximum absolute atomic E-state index is 11.8. The number of amides is 1. The van der Waals surface area contributed by atoms with Crippen molar-refractivity contribution in [2.45, 2.75) is 32.9 Å². The molecular weight excluding hydrogens is 320 g/mol. The van der Waals surface area contributed by atoms with Crippen molar-refractivity contribution in [2.75, 3.05) is 18.5 Å². The summed E-state index contributed by atoms with van der Waals surface area (Å²) in [4.78, 5) is 21.9. The average molecular weight is 342 g/mol. The molecule has 1 saturated heterocycles. The number of benzene rings is 1. The lowest BCUT2D eigenvalue weighted by Crippen LogP contribution is -2.36. The van der Waals surface area contributed by atoms with Crippen LogP contribution >= 0.6 is 0 Å². The normalized spacial score (nSPS) is 14.9. The van der Waals surface area contributed by atoms with E-state index in [1.807, 2.05) is 29.2 Å². The molecule has 8 heteroatoms. The van der Waals surface area contributed by atoms with Gasteiger partial charge in [-0.1, -0.05) is 17.3 Å². The highest BCUT2D eigenvalue weighted by Gasteiger charge is 2.21. The molecule has 0 radical (unpaired) electrons. The van der Waals surface area contributed by atoms with E-state index in [1.165, 1.54) is 0 Å². The van der Waals surface area contributed by atoms with Crippen molar-refractivity contribution >= 4 is 17.6 Å². The smallest absolute Gasteiger partial charge is 0.246 e. The lowest BCUT2D eigenvalue weighted by molar-refractivity contribution is -0.117. The van der Waals surface area contributed by atoms with Crippen molar-refractivity contribution in [3.8, 4) is 0 Å². The van der Waals surface area contributed by atoms with Crippen LogP contribution in [0.4, 0.5) is 5.69 Å². The van der Waals surface area contributed by atoms with Crippen molar-refractivity contribution in [3.63, 3.8) is 0 Å². The van der Waals surface area contributed by atoms with Crippen molar-refractivity contribution in [1.82, 2.24) is 20.8 Å². The lowest BCUT2D eigenvalue weighted by Gasteiger charge is -2.16. The molecule has 1 aliphatic heterocycles. The van der Waals surface area contributed by atoms with Crippen LogP contribution in [0.2, 0.25) is 0 Å². The molecule has 0 bridgehead atoms. The number of hydrogen-bond donors (Lipinski definition) is 2. The molecule has 8 nitrogen and oxygen atoms in total. The van der Waals surface area contributed by atoms with Crippen LogP contribution in [0, 0.1) is 6.92 Å². The van der Waals surface area contributed by atoms with Crippen molar-refractivity contribution < 1.29 is 9.32 Å². The van der Waals surface area contributed by atoms with Crippen molar-refractivity contribution in [1.29, 1.82) is 0 Å². The van der Waals surface area contributed by atoms with Gasteiger partial charge in [0.1, 0.15) is 0 Å². The molecule has 1 amide bonds. The molecule has 2 N–H and O–H groups in total. The number of nitrogens with one attached hydrogen (secondary N) is 2. The van der Waals surface area contributed by atoms with Crippen LogP contribution < -0.4 is 15.5 Å². The molecule has 1 fully saturated rings. The Morgan fingerprint density at radius 1 is 1.28 bits per heavy atom. The number of carbonyl (C=O) groups excluding carboxylic acids is 1. The Bertz CT molecular complexity index is 753. The number of anilines is 1. The minimum atomic E-state index is 0.201. The zero-order chi connectivity index (χ0) is 17.6. The zero-order valence-electron chi connectivity index (χ0n) is 14.5. The third-order valence-electron chi connectivity index (χ3n) is 3.98. The van der Waals surface area contributed by atoms with E-state index < -0.39 is 0 Å². The van der Waals surface area contributed by atoms with Crippen LogP contribution in [-0.4, -0.2) is 35.6 Å². The van der Waals surface area contributed by atoms with E-state index in [0.717, 1.165) is 24.2 Å². The van der Waals surface area contributed by atoms with Gasteiger partial charge in [0.25, 0.3) is 0 Å². The summed E-state index contributed by atoms with van der Waals surface area (Å²) in [7, 11) is 1.70.